The van der Waals surface area contributed by atoms with Crippen molar-refractivity contribution in [1.29, 1.82) is 0 Å². The third-order valence-electron chi connectivity index (χ3n) is 12.7. The molecule has 2 fully saturated rings. The number of nitrogens with zero attached hydrogens (tertiary/aromatic N) is 3. The van der Waals surface area contributed by atoms with Crippen LogP contribution in [0, 0.1) is 17.8 Å². The van der Waals surface area contributed by atoms with Crippen LogP contribution in [0.2, 0.25) is 5.02 Å². The molecule has 1 N–H and O–H groups in total. The zero-order chi connectivity index (χ0) is 38.7. The van der Waals surface area contributed by atoms with Crippen LogP contribution in [0.5, 0.6) is 5.75 Å². The molecule has 12 heteroatoms. The molecule has 0 radical (unpaired) electrons. The number of nitrogens with one attached hydrogen (secondary N) is 1. The number of benzene rings is 2. The Morgan fingerprint density at radius 2 is 1.83 bits per heavy atom. The predicted molar refractivity (Wildman–Crippen MR) is 216 cm³/mol. The smallest absolute Gasteiger partial charge is 0.264 e. The van der Waals surface area contributed by atoms with Crippen molar-refractivity contribution in [3.8, 4) is 5.75 Å². The van der Waals surface area contributed by atoms with Crippen molar-refractivity contribution in [2.45, 2.75) is 89.2 Å². The lowest BCUT2D eigenvalue weighted by Crippen LogP contribution is -2.63. The minimum Gasteiger partial charge on any atom is -0.487 e. The van der Waals surface area contributed by atoms with Crippen molar-refractivity contribution in [3.05, 3.63) is 70.3 Å². The summed E-state index contributed by atoms with van der Waals surface area (Å²) in [7, 11) is -0.366. The summed E-state index contributed by atoms with van der Waals surface area (Å²) in [4.78, 5) is 21.1. The topological polar surface area (TPSA) is 101 Å². The Balaban J connectivity index is 1.37. The second-order valence-corrected chi connectivity index (χ2v) is 19.2. The van der Waals surface area contributed by atoms with Crippen LogP contribution in [-0.4, -0.2) is 107 Å². The van der Waals surface area contributed by atoms with Gasteiger partial charge >= 0.3 is 0 Å². The molecule has 6 rings (SSSR count). The molecule has 1 aliphatic carbocycles. The van der Waals surface area contributed by atoms with Crippen LogP contribution in [0.1, 0.15) is 81.3 Å². The fourth-order valence-corrected chi connectivity index (χ4v) is 10.5. The van der Waals surface area contributed by atoms with Crippen LogP contribution < -0.4 is 14.4 Å². The van der Waals surface area contributed by atoms with Gasteiger partial charge in [-0.1, -0.05) is 36.7 Å². The number of methoxy groups -OCH3 is 2. The minimum atomic E-state index is -3.97. The number of hydrogen-bond acceptors (Lipinski definition) is 9. The van der Waals surface area contributed by atoms with Crippen LogP contribution in [0.25, 0.3) is 0 Å². The SMILES string of the molecule is COCCN1CCN(C[C@]2(OC)/C=C/C[C@H](C)[C@@H](C)S(=O)(=O)NC(=O)c3ccc4c(c3)N(CCCCc3cc(Cl)ccc3CO4)C[C@@H]3CC[C@H]32)CC1(C)C. The van der Waals surface area contributed by atoms with Gasteiger partial charge in [-0.15, -0.1) is 0 Å². The monoisotopic (exact) mass is 784 g/mol. The first-order chi connectivity index (χ1) is 25.7. The highest BCUT2D eigenvalue weighted by atomic mass is 35.5. The number of carbonyl (C=O) groups excluding carboxylic acids is 1. The maximum absolute atomic E-state index is 13.6. The van der Waals surface area contributed by atoms with Crippen molar-refractivity contribution in [3.63, 3.8) is 0 Å². The molecule has 1 saturated heterocycles. The summed E-state index contributed by atoms with van der Waals surface area (Å²) in [5.41, 5.74) is 2.79. The largest absolute Gasteiger partial charge is 0.487 e. The average Bonchev–Trinajstić information content (AvgIpc) is 3.14. The van der Waals surface area contributed by atoms with Gasteiger partial charge in [-0.3, -0.25) is 14.6 Å². The van der Waals surface area contributed by atoms with Crippen molar-refractivity contribution >= 4 is 33.2 Å². The highest BCUT2D eigenvalue weighted by Crippen LogP contribution is 2.47. The number of ether oxygens (including phenoxy) is 3. The first-order valence-corrected chi connectivity index (χ1v) is 21.7. The Hall–Kier alpha value is -2.67. The van der Waals surface area contributed by atoms with Crippen molar-refractivity contribution in [1.82, 2.24) is 14.5 Å². The molecule has 5 atom stereocenters. The molecule has 298 valence electrons. The summed E-state index contributed by atoms with van der Waals surface area (Å²) in [5.74, 6) is 0.393. The summed E-state index contributed by atoms with van der Waals surface area (Å²) in [6.45, 7) is 15.3. The maximum atomic E-state index is 13.6. The number of halogens is 1. The second-order valence-electron chi connectivity index (χ2n) is 16.7. The van der Waals surface area contributed by atoms with Crippen LogP contribution in [-0.2, 0) is 32.5 Å². The number of aryl methyl sites for hydroxylation is 1. The lowest BCUT2D eigenvalue weighted by atomic mass is 9.63. The van der Waals surface area contributed by atoms with Gasteiger partial charge in [-0.2, -0.15) is 0 Å². The predicted octanol–water partition coefficient (Wildman–Crippen LogP) is 6.56. The van der Waals surface area contributed by atoms with E-state index in [9.17, 15) is 13.2 Å². The molecular weight excluding hydrogens is 724 g/mol. The van der Waals surface area contributed by atoms with Gasteiger partial charge in [0.15, 0.2) is 0 Å². The van der Waals surface area contributed by atoms with Crippen molar-refractivity contribution in [2.24, 2.45) is 17.8 Å². The molecule has 0 unspecified atom stereocenters. The molecular formula is C42H61ClN4O6S. The minimum absolute atomic E-state index is 0.0254. The summed E-state index contributed by atoms with van der Waals surface area (Å²) in [6.07, 6.45) is 9.83. The van der Waals surface area contributed by atoms with Gasteiger partial charge in [0.1, 0.15) is 18.0 Å². The Morgan fingerprint density at radius 1 is 1.02 bits per heavy atom. The first-order valence-electron chi connectivity index (χ1n) is 19.8. The van der Waals surface area contributed by atoms with Crippen LogP contribution in [0.3, 0.4) is 0 Å². The molecule has 4 aliphatic rings. The fraction of sp³-hybridized carbons (Fsp3) is 0.643. The third-order valence-corrected chi connectivity index (χ3v) is 14.9. The number of allylic oxidation sites excluding steroid dienone is 1. The lowest BCUT2D eigenvalue weighted by Gasteiger charge is -2.54. The van der Waals surface area contributed by atoms with E-state index in [0.717, 1.165) is 89.2 Å². The quantitative estimate of drug-likeness (QED) is 0.327. The zero-order valence-electron chi connectivity index (χ0n) is 33.1. The van der Waals surface area contributed by atoms with E-state index in [1.807, 2.05) is 44.4 Å². The second kappa shape index (κ2) is 17.2. The van der Waals surface area contributed by atoms with E-state index in [-0.39, 0.29) is 17.4 Å². The number of fused-ring (bicyclic) bond motifs is 3. The van der Waals surface area contributed by atoms with E-state index in [4.69, 9.17) is 25.8 Å². The van der Waals surface area contributed by atoms with Gasteiger partial charge in [0, 0.05) is 76.2 Å². The van der Waals surface area contributed by atoms with E-state index in [2.05, 4.69) is 45.4 Å². The average molecular weight is 785 g/mol. The molecule has 2 bridgehead atoms. The summed E-state index contributed by atoms with van der Waals surface area (Å²) in [6, 6.07) is 11.3. The normalized spacial score (nSPS) is 30.1. The fourth-order valence-electron chi connectivity index (χ4n) is 9.02. The summed E-state index contributed by atoms with van der Waals surface area (Å²) >= 11 is 6.41. The van der Waals surface area contributed by atoms with Gasteiger partial charge in [-0.25, -0.2) is 13.1 Å². The highest BCUT2D eigenvalue weighted by Gasteiger charge is 2.49. The zero-order valence-corrected chi connectivity index (χ0v) is 34.7. The van der Waals surface area contributed by atoms with Crippen LogP contribution in [0.15, 0.2) is 48.6 Å². The van der Waals surface area contributed by atoms with Crippen molar-refractivity contribution in [2.75, 3.05) is 71.5 Å². The Kier molecular flexibility index (Phi) is 13.1. The molecule has 10 nitrogen and oxygen atoms in total. The number of anilines is 1. The number of sulfonamides is 1. The van der Waals surface area contributed by atoms with Crippen LogP contribution >= 0.6 is 11.6 Å². The third kappa shape index (κ3) is 9.13. The maximum Gasteiger partial charge on any atom is 0.264 e. The number of carbonyl (C=O) groups is 1. The van der Waals surface area contributed by atoms with Gasteiger partial charge in [0.25, 0.3) is 5.91 Å². The molecule has 0 aromatic heterocycles. The van der Waals surface area contributed by atoms with Gasteiger partial charge in [0.2, 0.25) is 10.0 Å². The molecule has 3 aliphatic heterocycles. The molecule has 54 heavy (non-hydrogen) atoms. The summed E-state index contributed by atoms with van der Waals surface area (Å²) in [5, 5.41) is -0.0747. The van der Waals surface area contributed by atoms with Gasteiger partial charge in [-0.05, 0) is 119 Å². The van der Waals surface area contributed by atoms with E-state index in [1.54, 1.807) is 20.1 Å². The molecule has 2 aromatic carbocycles. The number of hydrogen-bond donors (Lipinski definition) is 1. The van der Waals surface area contributed by atoms with E-state index in [1.165, 1.54) is 5.56 Å². The Bertz CT molecular complexity index is 1770. The van der Waals surface area contributed by atoms with Gasteiger partial charge in [0.05, 0.1) is 17.5 Å². The molecule has 1 amide bonds. The molecule has 2 aromatic rings. The molecule has 3 heterocycles. The number of piperazine rings is 1. The van der Waals surface area contributed by atoms with E-state index >= 15 is 0 Å². The Labute approximate surface area is 328 Å². The summed E-state index contributed by atoms with van der Waals surface area (Å²) < 4.78 is 48.4. The standard InChI is InChI=1S/C42H61ClN4O6S/c1-30-10-9-18-42(52-6,29-45-20-21-47(22-23-51-5)41(3,4)28-45)37-16-13-34(37)26-46-19-8-7-11-32-24-36(43)15-12-35(32)27-53-39-17-14-33(25-38(39)46)40(48)44-54(49,50)31(30)2/h9,12,14-15,17-18,24-25,30-31,34,37H,7-8,10-11,13,16,19-23,26-29H2,1-6H3,(H,44,48)/b18-9+/t30-,31+,34-,37+,42+/m0/s1. The molecule has 0 spiro atoms. The highest BCUT2D eigenvalue weighted by molar-refractivity contribution is 7.90. The number of rotatable bonds is 6. The van der Waals surface area contributed by atoms with E-state index < -0.39 is 26.8 Å². The molecule has 1 saturated carbocycles. The number of amides is 1. The van der Waals surface area contributed by atoms with E-state index in [0.29, 0.717) is 41.9 Å². The van der Waals surface area contributed by atoms with Crippen LogP contribution in [0.4, 0.5) is 5.69 Å². The first kappa shape index (κ1) is 41.0. The van der Waals surface area contributed by atoms with Crippen molar-refractivity contribution < 1.29 is 27.4 Å². The lowest BCUT2D eigenvalue weighted by molar-refractivity contribution is -0.105. The Morgan fingerprint density at radius 3 is 2.56 bits per heavy atom. The van der Waals surface area contributed by atoms with Gasteiger partial charge < -0.3 is 19.1 Å².